The third-order valence-corrected chi connectivity index (χ3v) is 4.19. The number of carbonyl (C=O) groups excluding carboxylic acids is 1. The summed E-state index contributed by atoms with van der Waals surface area (Å²) in [4.78, 5) is 13.1. The average Bonchev–Trinajstić information content (AvgIpc) is 2.64. The number of nitrogens with zero attached hydrogens (tertiary/aromatic N) is 1. The Balaban J connectivity index is 1.78. The van der Waals surface area contributed by atoms with Gasteiger partial charge in [-0.15, -0.1) is 0 Å². The molecule has 0 radical (unpaired) electrons. The summed E-state index contributed by atoms with van der Waals surface area (Å²) in [5.74, 6) is 2.83. The molecule has 4 heteroatoms. The van der Waals surface area contributed by atoms with Gasteiger partial charge in [0.15, 0.2) is 0 Å². The third-order valence-electron chi connectivity index (χ3n) is 3.03. The molecule has 0 aromatic heterocycles. The van der Waals surface area contributed by atoms with Gasteiger partial charge in [0, 0.05) is 37.8 Å². The van der Waals surface area contributed by atoms with Crippen molar-refractivity contribution >= 4 is 17.7 Å². The van der Waals surface area contributed by atoms with E-state index >= 15 is 0 Å². The minimum Gasteiger partial charge on any atom is -0.344 e. The number of likely N-dealkylation sites (N-methyl/N-ethyl adjacent to an activating group) is 1. The van der Waals surface area contributed by atoms with Crippen LogP contribution < -0.4 is 5.32 Å². The van der Waals surface area contributed by atoms with Crippen molar-refractivity contribution in [2.45, 2.75) is 31.3 Å². The highest BCUT2D eigenvalue weighted by atomic mass is 32.2. The number of rotatable bonds is 2. The molecule has 0 aromatic rings. The molecule has 0 aliphatic carbocycles. The second-order valence-corrected chi connectivity index (χ2v) is 5.39. The molecular formula is C10H18N2OS. The van der Waals surface area contributed by atoms with Gasteiger partial charge in [-0.25, -0.2) is 0 Å². The normalized spacial score (nSPS) is 33.8. The van der Waals surface area contributed by atoms with Crippen molar-refractivity contribution in [3.8, 4) is 0 Å². The van der Waals surface area contributed by atoms with Gasteiger partial charge < -0.3 is 10.2 Å². The summed E-state index contributed by atoms with van der Waals surface area (Å²) < 4.78 is 0. The second kappa shape index (κ2) is 4.53. The van der Waals surface area contributed by atoms with E-state index in [-0.39, 0.29) is 0 Å². The summed E-state index contributed by atoms with van der Waals surface area (Å²) in [7, 11) is 1.90. The lowest BCUT2D eigenvalue weighted by molar-refractivity contribution is -0.132. The van der Waals surface area contributed by atoms with E-state index in [1.807, 2.05) is 23.7 Å². The van der Waals surface area contributed by atoms with Crippen molar-refractivity contribution in [1.82, 2.24) is 10.2 Å². The zero-order chi connectivity index (χ0) is 9.97. The molecule has 3 nitrogen and oxygen atoms in total. The summed E-state index contributed by atoms with van der Waals surface area (Å²) in [6.07, 6.45) is 3.02. The first-order valence-corrected chi connectivity index (χ1v) is 6.49. The van der Waals surface area contributed by atoms with Gasteiger partial charge in [0.25, 0.3) is 0 Å². The molecule has 2 unspecified atom stereocenters. The molecule has 80 valence electrons. The molecule has 2 heterocycles. The molecule has 0 bridgehead atoms. The van der Waals surface area contributed by atoms with Gasteiger partial charge in [-0.1, -0.05) is 0 Å². The van der Waals surface area contributed by atoms with E-state index in [1.54, 1.807) is 0 Å². The largest absolute Gasteiger partial charge is 0.344 e. The van der Waals surface area contributed by atoms with Crippen LogP contribution in [0.15, 0.2) is 0 Å². The van der Waals surface area contributed by atoms with Crippen LogP contribution >= 0.6 is 11.8 Å². The van der Waals surface area contributed by atoms with Gasteiger partial charge in [-0.3, -0.25) is 4.79 Å². The standard InChI is InChI=1S/C10H18N2OS/c1-12-6-8(2-3-10(12)13)11-9-4-5-14-7-9/h8-9,11H,2-7H2,1H3. The molecule has 1 amide bonds. The molecule has 0 saturated carbocycles. The van der Waals surface area contributed by atoms with Crippen molar-refractivity contribution in [2.75, 3.05) is 25.1 Å². The first-order chi connectivity index (χ1) is 6.75. The van der Waals surface area contributed by atoms with Gasteiger partial charge >= 0.3 is 0 Å². The van der Waals surface area contributed by atoms with Gasteiger partial charge in [0.1, 0.15) is 0 Å². The monoisotopic (exact) mass is 214 g/mol. The fraction of sp³-hybridized carbons (Fsp3) is 0.900. The highest BCUT2D eigenvalue weighted by Gasteiger charge is 2.25. The number of hydrogen-bond donors (Lipinski definition) is 1. The molecule has 2 fully saturated rings. The van der Waals surface area contributed by atoms with Crippen molar-refractivity contribution < 1.29 is 4.79 Å². The smallest absolute Gasteiger partial charge is 0.222 e. The quantitative estimate of drug-likeness (QED) is 0.734. The number of nitrogens with one attached hydrogen (secondary N) is 1. The number of thioether (sulfide) groups is 1. The van der Waals surface area contributed by atoms with Crippen molar-refractivity contribution in [3.05, 3.63) is 0 Å². The first kappa shape index (κ1) is 10.3. The Morgan fingerprint density at radius 1 is 1.43 bits per heavy atom. The Morgan fingerprint density at radius 2 is 2.29 bits per heavy atom. The SMILES string of the molecule is CN1CC(NC2CCSC2)CCC1=O. The number of hydrogen-bond acceptors (Lipinski definition) is 3. The number of amides is 1. The Hall–Kier alpha value is -0.220. The Morgan fingerprint density at radius 3 is 2.93 bits per heavy atom. The Labute approximate surface area is 89.6 Å². The van der Waals surface area contributed by atoms with Crippen LogP contribution in [0.25, 0.3) is 0 Å². The summed E-state index contributed by atoms with van der Waals surface area (Å²) in [5.41, 5.74) is 0. The molecule has 14 heavy (non-hydrogen) atoms. The topological polar surface area (TPSA) is 32.3 Å². The van der Waals surface area contributed by atoms with E-state index < -0.39 is 0 Å². The third kappa shape index (κ3) is 2.42. The number of carbonyl (C=O) groups is 1. The highest BCUT2D eigenvalue weighted by molar-refractivity contribution is 7.99. The molecule has 2 aliphatic heterocycles. The minimum absolute atomic E-state index is 0.295. The lowest BCUT2D eigenvalue weighted by Gasteiger charge is -2.32. The fourth-order valence-electron chi connectivity index (χ4n) is 2.15. The van der Waals surface area contributed by atoms with E-state index in [4.69, 9.17) is 0 Å². The lowest BCUT2D eigenvalue weighted by atomic mass is 10.0. The molecular weight excluding hydrogens is 196 g/mol. The summed E-state index contributed by atoms with van der Waals surface area (Å²) in [6, 6.07) is 1.22. The zero-order valence-corrected chi connectivity index (χ0v) is 9.48. The Kier molecular flexibility index (Phi) is 3.34. The molecule has 2 saturated heterocycles. The van der Waals surface area contributed by atoms with Gasteiger partial charge in [0.2, 0.25) is 5.91 Å². The molecule has 0 aromatic carbocycles. The number of piperidine rings is 1. The second-order valence-electron chi connectivity index (χ2n) is 4.24. The number of likely N-dealkylation sites (tertiary alicyclic amines) is 1. The van der Waals surface area contributed by atoms with E-state index in [1.165, 1.54) is 17.9 Å². The van der Waals surface area contributed by atoms with Crippen LogP contribution in [-0.4, -0.2) is 48.0 Å². The zero-order valence-electron chi connectivity index (χ0n) is 8.66. The summed E-state index contributed by atoms with van der Waals surface area (Å²) in [5, 5.41) is 3.65. The predicted octanol–water partition coefficient (Wildman–Crippen LogP) is 0.702. The van der Waals surface area contributed by atoms with Crippen LogP contribution in [0.3, 0.4) is 0 Å². The highest BCUT2D eigenvalue weighted by Crippen LogP contribution is 2.19. The van der Waals surface area contributed by atoms with Crippen LogP contribution in [0.4, 0.5) is 0 Å². The maximum absolute atomic E-state index is 11.3. The Bertz CT molecular complexity index is 216. The van der Waals surface area contributed by atoms with Crippen molar-refractivity contribution in [1.29, 1.82) is 0 Å². The molecule has 2 atom stereocenters. The van der Waals surface area contributed by atoms with E-state index in [9.17, 15) is 4.79 Å². The molecule has 2 rings (SSSR count). The molecule has 1 N–H and O–H groups in total. The van der Waals surface area contributed by atoms with Crippen LogP contribution in [0.2, 0.25) is 0 Å². The summed E-state index contributed by atoms with van der Waals surface area (Å²) in [6.45, 7) is 0.889. The van der Waals surface area contributed by atoms with E-state index in [2.05, 4.69) is 5.32 Å². The van der Waals surface area contributed by atoms with Gasteiger partial charge in [0.05, 0.1) is 0 Å². The maximum atomic E-state index is 11.3. The molecule has 0 spiro atoms. The van der Waals surface area contributed by atoms with Crippen LogP contribution in [-0.2, 0) is 4.79 Å². The average molecular weight is 214 g/mol. The van der Waals surface area contributed by atoms with Crippen molar-refractivity contribution in [2.24, 2.45) is 0 Å². The van der Waals surface area contributed by atoms with Gasteiger partial charge in [-0.05, 0) is 18.6 Å². The van der Waals surface area contributed by atoms with Crippen LogP contribution in [0.5, 0.6) is 0 Å². The maximum Gasteiger partial charge on any atom is 0.222 e. The summed E-state index contributed by atoms with van der Waals surface area (Å²) >= 11 is 2.03. The van der Waals surface area contributed by atoms with Crippen LogP contribution in [0, 0.1) is 0 Å². The lowest BCUT2D eigenvalue weighted by Crippen LogP contribution is -2.49. The molecule has 2 aliphatic rings. The van der Waals surface area contributed by atoms with Crippen molar-refractivity contribution in [3.63, 3.8) is 0 Å². The van der Waals surface area contributed by atoms with E-state index in [0.29, 0.717) is 24.4 Å². The van der Waals surface area contributed by atoms with Crippen LogP contribution in [0.1, 0.15) is 19.3 Å². The minimum atomic E-state index is 0.295. The van der Waals surface area contributed by atoms with E-state index in [0.717, 1.165) is 13.0 Å². The van der Waals surface area contributed by atoms with Gasteiger partial charge in [-0.2, -0.15) is 11.8 Å². The predicted molar refractivity (Wildman–Crippen MR) is 59.5 cm³/mol. The first-order valence-electron chi connectivity index (χ1n) is 5.33. The fourth-order valence-corrected chi connectivity index (χ4v) is 3.31.